The van der Waals surface area contributed by atoms with Gasteiger partial charge >= 0.3 is 12.1 Å². The van der Waals surface area contributed by atoms with Crippen LogP contribution in [0.5, 0.6) is 0 Å². The summed E-state index contributed by atoms with van der Waals surface area (Å²) in [7, 11) is -3.88. The van der Waals surface area contributed by atoms with Crippen molar-refractivity contribution in [3.8, 4) is 0 Å². The van der Waals surface area contributed by atoms with Crippen molar-refractivity contribution in [2.45, 2.75) is 32.9 Å². The van der Waals surface area contributed by atoms with E-state index in [-0.39, 0.29) is 6.54 Å². The van der Waals surface area contributed by atoms with Gasteiger partial charge in [-0.05, 0) is 20.3 Å². The zero-order chi connectivity index (χ0) is 14.6. The molecule has 0 aliphatic carbocycles. The van der Waals surface area contributed by atoms with E-state index in [1.165, 1.54) is 13.8 Å². The average molecular weight is 291 g/mol. The summed E-state index contributed by atoms with van der Waals surface area (Å²) in [6.07, 6.45) is -6.13. The predicted octanol–water partition coefficient (Wildman–Crippen LogP) is 1.36. The Bertz CT molecular complexity index is 389. The van der Waals surface area contributed by atoms with Crippen molar-refractivity contribution in [3.63, 3.8) is 0 Å². The molecule has 0 fully saturated rings. The normalized spacial score (nSPS) is 13.6. The van der Waals surface area contributed by atoms with Crippen molar-refractivity contribution in [2.24, 2.45) is 5.41 Å². The van der Waals surface area contributed by atoms with Gasteiger partial charge in [-0.2, -0.15) is 13.2 Å². The lowest BCUT2D eigenvalue weighted by Gasteiger charge is -2.19. The van der Waals surface area contributed by atoms with E-state index in [0.29, 0.717) is 0 Å². The molecule has 0 bridgehead atoms. The summed E-state index contributed by atoms with van der Waals surface area (Å²) in [5.74, 6) is -1.87. The van der Waals surface area contributed by atoms with Gasteiger partial charge in [0.05, 0.1) is 11.2 Å². The molecule has 0 heterocycles. The molecular formula is C9H16F3NO4S. The van der Waals surface area contributed by atoms with Crippen LogP contribution in [0.2, 0.25) is 0 Å². The van der Waals surface area contributed by atoms with Crippen LogP contribution in [0.4, 0.5) is 13.2 Å². The Morgan fingerprint density at radius 2 is 1.78 bits per heavy atom. The van der Waals surface area contributed by atoms with Crippen molar-refractivity contribution in [1.82, 2.24) is 4.72 Å². The molecule has 5 nitrogen and oxygen atoms in total. The fourth-order valence-corrected chi connectivity index (χ4v) is 2.15. The van der Waals surface area contributed by atoms with Gasteiger partial charge in [-0.3, -0.25) is 4.79 Å². The molecule has 18 heavy (non-hydrogen) atoms. The van der Waals surface area contributed by atoms with Gasteiger partial charge in [0.2, 0.25) is 10.0 Å². The summed E-state index contributed by atoms with van der Waals surface area (Å²) in [5.41, 5.74) is -1.31. The summed E-state index contributed by atoms with van der Waals surface area (Å²) >= 11 is 0. The van der Waals surface area contributed by atoms with Gasteiger partial charge in [0.1, 0.15) is 0 Å². The number of carboxylic acid groups (broad SMARTS) is 1. The third-order valence-electron chi connectivity index (χ3n) is 2.19. The number of alkyl halides is 3. The third kappa shape index (κ3) is 7.49. The van der Waals surface area contributed by atoms with Crippen LogP contribution in [0.3, 0.4) is 0 Å². The van der Waals surface area contributed by atoms with Crippen LogP contribution in [0, 0.1) is 5.41 Å². The Morgan fingerprint density at radius 1 is 1.28 bits per heavy atom. The fraction of sp³-hybridized carbons (Fsp3) is 0.889. The smallest absolute Gasteiger partial charge is 0.389 e. The summed E-state index contributed by atoms with van der Waals surface area (Å²) in [6, 6.07) is 0. The van der Waals surface area contributed by atoms with Gasteiger partial charge in [-0.15, -0.1) is 0 Å². The first kappa shape index (κ1) is 17.2. The highest BCUT2D eigenvalue weighted by molar-refractivity contribution is 7.89. The quantitative estimate of drug-likeness (QED) is 0.742. The van der Waals surface area contributed by atoms with Gasteiger partial charge in [0.25, 0.3) is 0 Å². The molecule has 0 rings (SSSR count). The number of hydrogen-bond acceptors (Lipinski definition) is 3. The topological polar surface area (TPSA) is 83.5 Å². The highest BCUT2D eigenvalue weighted by Gasteiger charge is 2.30. The van der Waals surface area contributed by atoms with Crippen LogP contribution in [0.25, 0.3) is 0 Å². The van der Waals surface area contributed by atoms with Gasteiger partial charge in [-0.25, -0.2) is 13.1 Å². The summed E-state index contributed by atoms with van der Waals surface area (Å²) in [5, 5.41) is 8.74. The zero-order valence-corrected chi connectivity index (χ0v) is 10.9. The molecule has 0 aromatic heterocycles. The number of rotatable bonds is 7. The van der Waals surface area contributed by atoms with Crippen LogP contribution >= 0.6 is 0 Å². The first-order valence-corrected chi connectivity index (χ1v) is 6.78. The molecule has 0 saturated heterocycles. The van der Waals surface area contributed by atoms with E-state index in [1.807, 2.05) is 4.72 Å². The Kier molecular flexibility index (Phi) is 5.60. The van der Waals surface area contributed by atoms with Crippen LogP contribution in [0.1, 0.15) is 26.7 Å². The van der Waals surface area contributed by atoms with Gasteiger partial charge in [0, 0.05) is 13.0 Å². The number of halogens is 3. The Balaban J connectivity index is 4.22. The average Bonchev–Trinajstić information content (AvgIpc) is 2.12. The molecular weight excluding hydrogens is 275 g/mol. The molecule has 108 valence electrons. The monoisotopic (exact) mass is 291 g/mol. The second kappa shape index (κ2) is 5.87. The summed E-state index contributed by atoms with van der Waals surface area (Å²) < 4.78 is 60.1. The summed E-state index contributed by atoms with van der Waals surface area (Å²) in [4.78, 5) is 10.7. The molecule has 0 aromatic rings. The maximum atomic E-state index is 11.8. The molecule has 9 heteroatoms. The highest BCUT2D eigenvalue weighted by atomic mass is 32.2. The summed E-state index contributed by atoms with van der Waals surface area (Å²) in [6.45, 7) is 2.26. The number of carbonyl (C=O) groups is 1. The lowest BCUT2D eigenvalue weighted by molar-refractivity contribution is -0.146. The van der Waals surface area contributed by atoms with E-state index in [4.69, 9.17) is 5.11 Å². The number of aliphatic carboxylic acids is 1. The van der Waals surface area contributed by atoms with Crippen LogP contribution in [-0.4, -0.2) is 38.0 Å². The lowest BCUT2D eigenvalue weighted by atomic mass is 9.95. The van der Waals surface area contributed by atoms with Crippen molar-refractivity contribution in [3.05, 3.63) is 0 Å². The van der Waals surface area contributed by atoms with E-state index < -0.39 is 46.2 Å². The van der Waals surface area contributed by atoms with E-state index in [1.54, 1.807) is 0 Å². The maximum absolute atomic E-state index is 11.8. The molecule has 0 saturated carbocycles. The Labute approximate surface area is 103 Å². The molecule has 0 aromatic carbocycles. The van der Waals surface area contributed by atoms with Gasteiger partial charge in [-0.1, -0.05) is 0 Å². The third-order valence-corrected chi connectivity index (χ3v) is 3.60. The minimum absolute atomic E-state index is 0.364. The zero-order valence-electron chi connectivity index (χ0n) is 10.0. The number of sulfonamides is 1. The van der Waals surface area contributed by atoms with Crippen molar-refractivity contribution in [2.75, 3.05) is 12.3 Å². The molecule has 2 N–H and O–H groups in total. The number of nitrogens with one attached hydrogen (secondary N) is 1. The van der Waals surface area contributed by atoms with Crippen LogP contribution < -0.4 is 4.72 Å². The number of hydrogen-bond donors (Lipinski definition) is 2. The van der Waals surface area contributed by atoms with Crippen molar-refractivity contribution < 1.29 is 31.5 Å². The standard InChI is InChI=1S/C9H16F3NO4S/c1-8(2,7(14)15)6-13-18(16,17)5-3-4-9(10,11)12/h13H,3-6H2,1-2H3,(H,14,15). The van der Waals surface area contributed by atoms with Crippen LogP contribution in [-0.2, 0) is 14.8 Å². The van der Waals surface area contributed by atoms with Crippen molar-refractivity contribution >= 4 is 16.0 Å². The SMILES string of the molecule is CC(C)(CNS(=O)(=O)CCCC(F)(F)F)C(=O)O. The van der Waals surface area contributed by atoms with E-state index in [0.717, 1.165) is 0 Å². The van der Waals surface area contributed by atoms with E-state index in [2.05, 4.69) is 0 Å². The minimum Gasteiger partial charge on any atom is -0.481 e. The molecule has 0 unspecified atom stereocenters. The Hall–Kier alpha value is -0.830. The molecule has 0 radical (unpaired) electrons. The van der Waals surface area contributed by atoms with Gasteiger partial charge in [0.15, 0.2) is 0 Å². The molecule has 0 aliphatic heterocycles. The molecule has 0 amide bonds. The van der Waals surface area contributed by atoms with Crippen LogP contribution in [0.15, 0.2) is 0 Å². The predicted molar refractivity (Wildman–Crippen MR) is 58.5 cm³/mol. The first-order valence-electron chi connectivity index (χ1n) is 5.13. The lowest BCUT2D eigenvalue weighted by Crippen LogP contribution is -2.39. The molecule has 0 aliphatic rings. The second-order valence-electron chi connectivity index (χ2n) is 4.55. The highest BCUT2D eigenvalue weighted by Crippen LogP contribution is 2.21. The second-order valence-corrected chi connectivity index (χ2v) is 6.47. The van der Waals surface area contributed by atoms with E-state index >= 15 is 0 Å². The number of carboxylic acids is 1. The maximum Gasteiger partial charge on any atom is 0.389 e. The first-order chi connectivity index (χ1) is 7.86. The van der Waals surface area contributed by atoms with E-state index in [9.17, 15) is 26.4 Å². The van der Waals surface area contributed by atoms with Gasteiger partial charge < -0.3 is 5.11 Å². The molecule has 0 atom stereocenters. The minimum atomic E-state index is -4.39. The van der Waals surface area contributed by atoms with Crippen molar-refractivity contribution in [1.29, 1.82) is 0 Å². The molecule has 0 spiro atoms. The fourth-order valence-electron chi connectivity index (χ4n) is 0.901. The Morgan fingerprint density at radius 3 is 2.17 bits per heavy atom. The largest absolute Gasteiger partial charge is 0.481 e.